The van der Waals surface area contributed by atoms with Crippen molar-refractivity contribution >= 4 is 0 Å². The molecule has 0 aliphatic heterocycles. The summed E-state index contributed by atoms with van der Waals surface area (Å²) in [7, 11) is 0. The molecule has 0 aromatic carbocycles. The first-order chi connectivity index (χ1) is 6.31. The summed E-state index contributed by atoms with van der Waals surface area (Å²) < 4.78 is 0. The molecule has 0 aliphatic rings. The van der Waals surface area contributed by atoms with Gasteiger partial charge in [0.1, 0.15) is 0 Å². The topological polar surface area (TPSA) is 32.3 Å². The molecule has 0 heterocycles. The zero-order valence-electron chi connectivity index (χ0n) is 10.4. The maximum atomic E-state index is 9.66. The van der Waals surface area contributed by atoms with Gasteiger partial charge in [-0.15, -0.1) is 0 Å². The SMILES string of the molecule is CC(C)CCCC(O)CNC(C)(C)C. The van der Waals surface area contributed by atoms with Gasteiger partial charge in [0, 0.05) is 12.1 Å². The predicted octanol–water partition coefficient (Wildman–Crippen LogP) is 2.56. The van der Waals surface area contributed by atoms with Gasteiger partial charge in [-0.2, -0.15) is 0 Å². The third-order valence-electron chi connectivity index (χ3n) is 2.19. The van der Waals surface area contributed by atoms with E-state index >= 15 is 0 Å². The standard InChI is InChI=1S/C12H27NO/c1-10(2)7-6-8-11(14)9-13-12(3,4)5/h10-11,13-14H,6-9H2,1-5H3. The van der Waals surface area contributed by atoms with Gasteiger partial charge in [0.05, 0.1) is 6.10 Å². The Morgan fingerprint density at radius 2 is 1.71 bits per heavy atom. The smallest absolute Gasteiger partial charge is 0.0664 e. The molecular weight excluding hydrogens is 174 g/mol. The first-order valence-corrected chi connectivity index (χ1v) is 5.74. The maximum absolute atomic E-state index is 9.66. The molecule has 0 aromatic rings. The maximum Gasteiger partial charge on any atom is 0.0664 e. The molecule has 0 saturated heterocycles. The van der Waals surface area contributed by atoms with Crippen LogP contribution in [0.4, 0.5) is 0 Å². The van der Waals surface area contributed by atoms with Gasteiger partial charge in [-0.05, 0) is 33.1 Å². The van der Waals surface area contributed by atoms with Crippen molar-refractivity contribution in [2.45, 2.75) is 65.5 Å². The summed E-state index contributed by atoms with van der Waals surface area (Å²) in [5, 5.41) is 13.0. The summed E-state index contributed by atoms with van der Waals surface area (Å²) >= 11 is 0. The lowest BCUT2D eigenvalue weighted by Crippen LogP contribution is -2.40. The Labute approximate surface area is 89.1 Å². The van der Waals surface area contributed by atoms with Crippen LogP contribution in [0.2, 0.25) is 0 Å². The van der Waals surface area contributed by atoms with E-state index in [1.165, 1.54) is 6.42 Å². The van der Waals surface area contributed by atoms with Crippen molar-refractivity contribution in [3.8, 4) is 0 Å². The van der Waals surface area contributed by atoms with Crippen LogP contribution in [0.3, 0.4) is 0 Å². The van der Waals surface area contributed by atoms with Crippen LogP contribution < -0.4 is 5.32 Å². The fourth-order valence-corrected chi connectivity index (χ4v) is 1.29. The molecule has 0 spiro atoms. The first-order valence-electron chi connectivity index (χ1n) is 5.74. The van der Waals surface area contributed by atoms with E-state index in [4.69, 9.17) is 0 Å². The van der Waals surface area contributed by atoms with Crippen molar-refractivity contribution in [1.29, 1.82) is 0 Å². The van der Waals surface area contributed by atoms with Gasteiger partial charge in [0.2, 0.25) is 0 Å². The third kappa shape index (κ3) is 10.0. The van der Waals surface area contributed by atoms with E-state index in [0.29, 0.717) is 6.54 Å². The van der Waals surface area contributed by atoms with Crippen LogP contribution in [0.1, 0.15) is 53.9 Å². The molecule has 14 heavy (non-hydrogen) atoms. The average Bonchev–Trinajstić information content (AvgIpc) is 1.99. The largest absolute Gasteiger partial charge is 0.392 e. The Hall–Kier alpha value is -0.0800. The van der Waals surface area contributed by atoms with Crippen molar-refractivity contribution in [3.63, 3.8) is 0 Å². The second-order valence-corrected chi connectivity index (χ2v) is 5.61. The normalized spacial score (nSPS) is 14.8. The Morgan fingerprint density at radius 1 is 1.14 bits per heavy atom. The fraction of sp³-hybridized carbons (Fsp3) is 1.00. The summed E-state index contributed by atoms with van der Waals surface area (Å²) in [5.41, 5.74) is 0.110. The molecule has 0 aromatic heterocycles. The highest BCUT2D eigenvalue weighted by molar-refractivity contribution is 4.72. The van der Waals surface area contributed by atoms with Gasteiger partial charge in [-0.3, -0.25) is 0 Å². The number of hydrogen-bond acceptors (Lipinski definition) is 2. The number of aliphatic hydroxyl groups is 1. The van der Waals surface area contributed by atoms with Gasteiger partial charge in [-0.1, -0.05) is 26.7 Å². The first kappa shape index (κ1) is 13.9. The molecule has 0 rings (SSSR count). The molecule has 0 bridgehead atoms. The van der Waals surface area contributed by atoms with Gasteiger partial charge < -0.3 is 10.4 Å². The van der Waals surface area contributed by atoms with E-state index in [0.717, 1.165) is 18.8 Å². The van der Waals surface area contributed by atoms with Crippen LogP contribution in [-0.2, 0) is 0 Å². The van der Waals surface area contributed by atoms with Gasteiger partial charge in [0.15, 0.2) is 0 Å². The minimum atomic E-state index is -0.187. The van der Waals surface area contributed by atoms with Gasteiger partial charge in [0.25, 0.3) is 0 Å². The lowest BCUT2D eigenvalue weighted by molar-refractivity contribution is 0.147. The summed E-state index contributed by atoms with van der Waals surface area (Å²) in [4.78, 5) is 0. The molecule has 0 aliphatic carbocycles. The highest BCUT2D eigenvalue weighted by Gasteiger charge is 2.11. The number of hydrogen-bond donors (Lipinski definition) is 2. The zero-order valence-corrected chi connectivity index (χ0v) is 10.4. The van der Waals surface area contributed by atoms with E-state index in [1.807, 2.05) is 0 Å². The molecule has 0 fully saturated rings. The highest BCUT2D eigenvalue weighted by atomic mass is 16.3. The average molecular weight is 201 g/mol. The Morgan fingerprint density at radius 3 is 2.14 bits per heavy atom. The monoisotopic (exact) mass is 201 g/mol. The molecule has 1 atom stereocenters. The molecule has 2 heteroatoms. The molecule has 0 amide bonds. The fourth-order valence-electron chi connectivity index (χ4n) is 1.29. The van der Waals surface area contributed by atoms with Crippen molar-refractivity contribution in [2.75, 3.05) is 6.54 Å². The Balaban J connectivity index is 3.42. The molecule has 2 N–H and O–H groups in total. The number of aliphatic hydroxyl groups excluding tert-OH is 1. The number of nitrogens with one attached hydrogen (secondary N) is 1. The van der Waals surface area contributed by atoms with Crippen molar-refractivity contribution in [2.24, 2.45) is 5.92 Å². The molecule has 0 radical (unpaired) electrons. The van der Waals surface area contributed by atoms with Crippen molar-refractivity contribution in [3.05, 3.63) is 0 Å². The minimum absolute atomic E-state index is 0.110. The minimum Gasteiger partial charge on any atom is -0.392 e. The van der Waals surface area contributed by atoms with Gasteiger partial charge in [-0.25, -0.2) is 0 Å². The molecule has 0 saturated carbocycles. The molecule has 1 unspecified atom stereocenters. The Bertz CT molecular complexity index is 138. The van der Waals surface area contributed by atoms with Crippen molar-refractivity contribution < 1.29 is 5.11 Å². The predicted molar refractivity (Wildman–Crippen MR) is 62.5 cm³/mol. The zero-order chi connectivity index (χ0) is 11.2. The van der Waals surface area contributed by atoms with E-state index < -0.39 is 0 Å². The summed E-state index contributed by atoms with van der Waals surface area (Å²) in [6.07, 6.45) is 3.08. The van der Waals surface area contributed by atoms with Crippen LogP contribution in [0.5, 0.6) is 0 Å². The van der Waals surface area contributed by atoms with E-state index in [2.05, 4.69) is 39.9 Å². The van der Waals surface area contributed by atoms with E-state index in [-0.39, 0.29) is 11.6 Å². The van der Waals surface area contributed by atoms with E-state index in [9.17, 15) is 5.11 Å². The summed E-state index contributed by atoms with van der Waals surface area (Å²) in [6, 6.07) is 0. The van der Waals surface area contributed by atoms with Crippen LogP contribution >= 0.6 is 0 Å². The lowest BCUT2D eigenvalue weighted by atomic mass is 10.0. The summed E-state index contributed by atoms with van der Waals surface area (Å²) in [5.74, 6) is 0.748. The second-order valence-electron chi connectivity index (χ2n) is 5.61. The van der Waals surface area contributed by atoms with Crippen LogP contribution in [0.25, 0.3) is 0 Å². The highest BCUT2D eigenvalue weighted by Crippen LogP contribution is 2.08. The van der Waals surface area contributed by atoms with Crippen LogP contribution in [0.15, 0.2) is 0 Å². The third-order valence-corrected chi connectivity index (χ3v) is 2.19. The van der Waals surface area contributed by atoms with Crippen molar-refractivity contribution in [1.82, 2.24) is 5.32 Å². The number of β-amino-alcohol motifs (C(OH)–C–C–N with tert-alkyl or cyclic N) is 1. The Kier molecular flexibility index (Phi) is 6.38. The molecule has 86 valence electrons. The molecular formula is C12H27NO. The lowest BCUT2D eigenvalue weighted by Gasteiger charge is -2.23. The number of rotatable bonds is 6. The quantitative estimate of drug-likeness (QED) is 0.692. The van der Waals surface area contributed by atoms with Crippen LogP contribution in [-0.4, -0.2) is 23.3 Å². The summed E-state index contributed by atoms with van der Waals surface area (Å²) in [6.45, 7) is 11.5. The van der Waals surface area contributed by atoms with Gasteiger partial charge >= 0.3 is 0 Å². The second kappa shape index (κ2) is 6.41. The van der Waals surface area contributed by atoms with E-state index in [1.54, 1.807) is 0 Å². The molecule has 2 nitrogen and oxygen atoms in total. The van der Waals surface area contributed by atoms with Crippen LogP contribution in [0, 0.1) is 5.92 Å².